The molecule has 3 aliphatic carbocycles. The fourth-order valence-electron chi connectivity index (χ4n) is 7.88. The van der Waals surface area contributed by atoms with Crippen molar-refractivity contribution in [2.24, 2.45) is 34.5 Å². The number of hydrogen-bond acceptors (Lipinski definition) is 2. The second-order valence-corrected chi connectivity index (χ2v) is 10.0. The van der Waals surface area contributed by atoms with E-state index in [0.717, 1.165) is 44.1 Å². The molecule has 1 N–H and O–H groups in total. The van der Waals surface area contributed by atoms with Crippen LogP contribution in [0.25, 0.3) is 0 Å². The Morgan fingerprint density at radius 3 is 2.54 bits per heavy atom. The highest BCUT2D eigenvalue weighted by atomic mass is 16.2. The molecule has 4 heteroatoms. The van der Waals surface area contributed by atoms with Gasteiger partial charge in [-0.3, -0.25) is 9.59 Å². The summed E-state index contributed by atoms with van der Waals surface area (Å²) in [6.45, 7) is 7.64. The molecule has 0 spiro atoms. The van der Waals surface area contributed by atoms with Gasteiger partial charge in [-0.15, -0.1) is 0 Å². The number of piperidine rings is 1. The smallest absolute Gasteiger partial charge is 0.223 e. The van der Waals surface area contributed by atoms with Gasteiger partial charge in [-0.05, 0) is 80.5 Å². The van der Waals surface area contributed by atoms with Crippen LogP contribution in [0, 0.1) is 34.5 Å². The van der Waals surface area contributed by atoms with Crippen molar-refractivity contribution in [3.05, 3.63) is 0 Å². The Kier molecular flexibility index (Phi) is 4.39. The first-order valence-corrected chi connectivity index (χ1v) is 10.9. The standard InChI is InChI=1S/C22H36N2O2/c1-5-23-20(26)17-8-7-15-14-6-9-18-22(3,13-11-19(25)24(18)4)16(14)10-12-21(15,17)2/h14-18H,5-13H2,1-4H3,(H,23,26)/t14-,15-,16-,17+,18+,21-,22+/m0/s1. The second-order valence-electron chi connectivity index (χ2n) is 10.0. The van der Waals surface area contributed by atoms with E-state index in [1.165, 1.54) is 25.7 Å². The van der Waals surface area contributed by atoms with Crippen LogP contribution in [0.15, 0.2) is 0 Å². The maximum Gasteiger partial charge on any atom is 0.223 e. The lowest BCUT2D eigenvalue weighted by atomic mass is 9.47. The number of carbonyl (C=O) groups excluding carboxylic acids is 2. The Morgan fingerprint density at radius 1 is 1.08 bits per heavy atom. The van der Waals surface area contributed by atoms with E-state index in [1.54, 1.807) is 0 Å². The van der Waals surface area contributed by atoms with Crippen LogP contribution in [0.1, 0.15) is 72.1 Å². The van der Waals surface area contributed by atoms with E-state index in [1.807, 2.05) is 14.0 Å². The van der Waals surface area contributed by atoms with E-state index < -0.39 is 0 Å². The molecule has 7 atom stereocenters. The number of hydrogen-bond donors (Lipinski definition) is 1. The Morgan fingerprint density at radius 2 is 1.81 bits per heavy atom. The molecule has 0 unspecified atom stereocenters. The summed E-state index contributed by atoms with van der Waals surface area (Å²) in [4.78, 5) is 27.0. The first-order chi connectivity index (χ1) is 12.3. The third-order valence-electron chi connectivity index (χ3n) is 9.22. The van der Waals surface area contributed by atoms with E-state index in [0.29, 0.717) is 23.8 Å². The summed E-state index contributed by atoms with van der Waals surface area (Å²) >= 11 is 0. The summed E-state index contributed by atoms with van der Waals surface area (Å²) < 4.78 is 0. The molecule has 3 saturated carbocycles. The van der Waals surface area contributed by atoms with Crippen LogP contribution in [0.3, 0.4) is 0 Å². The number of carbonyl (C=O) groups is 2. The topological polar surface area (TPSA) is 49.4 Å². The van der Waals surface area contributed by atoms with Crippen molar-refractivity contribution in [2.75, 3.05) is 13.6 Å². The molecule has 4 rings (SSSR count). The minimum atomic E-state index is 0.181. The number of rotatable bonds is 2. The molecule has 0 bridgehead atoms. The van der Waals surface area contributed by atoms with Crippen molar-refractivity contribution in [2.45, 2.75) is 78.2 Å². The third kappa shape index (κ3) is 2.39. The average molecular weight is 361 g/mol. The quantitative estimate of drug-likeness (QED) is 0.818. The van der Waals surface area contributed by atoms with Crippen molar-refractivity contribution in [3.8, 4) is 0 Å². The normalized spacial score (nSPS) is 47.8. The lowest BCUT2D eigenvalue weighted by Gasteiger charge is -2.61. The molecule has 4 fully saturated rings. The largest absolute Gasteiger partial charge is 0.356 e. The summed E-state index contributed by atoms with van der Waals surface area (Å²) in [6.07, 6.45) is 8.87. The molecule has 1 heterocycles. The monoisotopic (exact) mass is 360 g/mol. The lowest BCUT2D eigenvalue weighted by molar-refractivity contribution is -0.159. The highest BCUT2D eigenvalue weighted by Gasteiger charge is 2.62. The zero-order valence-electron chi connectivity index (χ0n) is 17.0. The van der Waals surface area contributed by atoms with Crippen LogP contribution in [0.2, 0.25) is 0 Å². The maximum absolute atomic E-state index is 12.7. The molecule has 0 radical (unpaired) electrons. The molecular weight excluding hydrogens is 324 g/mol. The third-order valence-corrected chi connectivity index (χ3v) is 9.22. The first kappa shape index (κ1) is 18.3. The van der Waals surface area contributed by atoms with Gasteiger partial charge in [-0.25, -0.2) is 0 Å². The van der Waals surface area contributed by atoms with Gasteiger partial charge in [0.15, 0.2) is 0 Å². The van der Waals surface area contributed by atoms with Crippen LogP contribution in [0.5, 0.6) is 0 Å². The Balaban J connectivity index is 1.59. The lowest BCUT2D eigenvalue weighted by Crippen LogP contribution is -2.61. The highest BCUT2D eigenvalue weighted by molar-refractivity contribution is 5.80. The van der Waals surface area contributed by atoms with E-state index in [2.05, 4.69) is 24.1 Å². The van der Waals surface area contributed by atoms with E-state index in [-0.39, 0.29) is 16.7 Å². The molecule has 0 aromatic carbocycles. The predicted octanol–water partition coefficient (Wildman–Crippen LogP) is 3.60. The van der Waals surface area contributed by atoms with Crippen molar-refractivity contribution < 1.29 is 9.59 Å². The van der Waals surface area contributed by atoms with Gasteiger partial charge in [-0.2, -0.15) is 0 Å². The highest BCUT2D eigenvalue weighted by Crippen LogP contribution is 2.66. The van der Waals surface area contributed by atoms with Gasteiger partial charge in [0.25, 0.3) is 0 Å². The minimum Gasteiger partial charge on any atom is -0.356 e. The van der Waals surface area contributed by atoms with Gasteiger partial charge in [0.2, 0.25) is 11.8 Å². The summed E-state index contributed by atoms with van der Waals surface area (Å²) in [7, 11) is 2.03. The summed E-state index contributed by atoms with van der Waals surface area (Å²) in [5, 5.41) is 3.10. The molecule has 0 aromatic rings. The Hall–Kier alpha value is -1.06. The molecule has 2 amide bonds. The van der Waals surface area contributed by atoms with Crippen molar-refractivity contribution in [1.29, 1.82) is 0 Å². The van der Waals surface area contributed by atoms with Crippen LogP contribution in [-0.4, -0.2) is 36.3 Å². The SMILES string of the molecule is CCNC(=O)[C@H]1CC[C@H]2[C@@H]3CC[C@H]4N(C)C(=O)CC[C@]4(C)[C@H]3CC[C@]12C. The van der Waals surface area contributed by atoms with E-state index in [4.69, 9.17) is 0 Å². The predicted molar refractivity (Wildman–Crippen MR) is 102 cm³/mol. The van der Waals surface area contributed by atoms with Crippen LogP contribution < -0.4 is 5.32 Å². The number of fused-ring (bicyclic) bond motifs is 5. The van der Waals surface area contributed by atoms with Crippen LogP contribution in [-0.2, 0) is 9.59 Å². The molecule has 4 nitrogen and oxygen atoms in total. The van der Waals surface area contributed by atoms with Crippen molar-refractivity contribution in [1.82, 2.24) is 10.2 Å². The first-order valence-electron chi connectivity index (χ1n) is 10.9. The summed E-state index contributed by atoms with van der Waals surface area (Å²) in [5.74, 6) is 2.99. The van der Waals surface area contributed by atoms with Crippen molar-refractivity contribution in [3.63, 3.8) is 0 Å². The summed E-state index contributed by atoms with van der Waals surface area (Å²) in [6, 6.07) is 0.426. The molecule has 146 valence electrons. The average Bonchev–Trinajstić information content (AvgIpc) is 2.96. The van der Waals surface area contributed by atoms with E-state index in [9.17, 15) is 9.59 Å². The molecular formula is C22H36N2O2. The van der Waals surface area contributed by atoms with Gasteiger partial charge >= 0.3 is 0 Å². The van der Waals surface area contributed by atoms with Crippen LogP contribution >= 0.6 is 0 Å². The second kappa shape index (κ2) is 6.24. The Labute approximate surface area is 158 Å². The molecule has 0 aromatic heterocycles. The summed E-state index contributed by atoms with van der Waals surface area (Å²) in [5.41, 5.74) is 0.455. The number of likely N-dealkylation sites (tertiary alicyclic amines) is 1. The van der Waals surface area contributed by atoms with Crippen molar-refractivity contribution >= 4 is 11.8 Å². The minimum absolute atomic E-state index is 0.181. The zero-order valence-corrected chi connectivity index (χ0v) is 17.0. The fourth-order valence-corrected chi connectivity index (χ4v) is 7.88. The molecule has 26 heavy (non-hydrogen) atoms. The maximum atomic E-state index is 12.7. The zero-order chi connectivity index (χ0) is 18.7. The van der Waals surface area contributed by atoms with Gasteiger partial charge in [0.05, 0.1) is 0 Å². The fraction of sp³-hybridized carbons (Fsp3) is 0.909. The Bertz CT molecular complexity index is 605. The van der Waals surface area contributed by atoms with Gasteiger partial charge in [0, 0.05) is 32.0 Å². The number of nitrogens with zero attached hydrogens (tertiary/aromatic N) is 1. The molecule has 1 saturated heterocycles. The molecule has 4 aliphatic rings. The molecule has 1 aliphatic heterocycles. The van der Waals surface area contributed by atoms with Gasteiger partial charge < -0.3 is 10.2 Å². The van der Waals surface area contributed by atoms with Gasteiger partial charge in [0.1, 0.15) is 0 Å². The number of nitrogens with one attached hydrogen (secondary N) is 1. The van der Waals surface area contributed by atoms with E-state index >= 15 is 0 Å². The number of amides is 2. The van der Waals surface area contributed by atoms with Gasteiger partial charge in [-0.1, -0.05) is 13.8 Å². The van der Waals surface area contributed by atoms with Crippen LogP contribution in [0.4, 0.5) is 0 Å².